The highest BCUT2D eigenvalue weighted by Crippen LogP contribution is 2.22. The van der Waals surface area contributed by atoms with Gasteiger partial charge in [-0.3, -0.25) is 4.79 Å². The van der Waals surface area contributed by atoms with E-state index < -0.39 is 0 Å². The summed E-state index contributed by atoms with van der Waals surface area (Å²) in [4.78, 5) is 17.9. The van der Waals surface area contributed by atoms with Crippen LogP contribution in [0.4, 0.5) is 0 Å². The molecular formula is C12H14Cl2N2O3. The van der Waals surface area contributed by atoms with Gasteiger partial charge < -0.3 is 14.7 Å². The summed E-state index contributed by atoms with van der Waals surface area (Å²) in [6.07, 6.45) is 0.988. The van der Waals surface area contributed by atoms with Crippen molar-refractivity contribution in [1.29, 1.82) is 0 Å². The van der Waals surface area contributed by atoms with Gasteiger partial charge in [0.05, 0.1) is 35.9 Å². The summed E-state index contributed by atoms with van der Waals surface area (Å²) in [5, 5.41) is 9.60. The number of pyridine rings is 1. The highest BCUT2D eigenvalue weighted by molar-refractivity contribution is 6.35. The predicted molar refractivity (Wildman–Crippen MR) is 71.6 cm³/mol. The largest absolute Gasteiger partial charge is 0.394 e. The van der Waals surface area contributed by atoms with Gasteiger partial charge >= 0.3 is 0 Å². The van der Waals surface area contributed by atoms with Gasteiger partial charge in [0, 0.05) is 12.7 Å². The third-order valence-corrected chi connectivity index (χ3v) is 3.53. The molecule has 0 aromatic carbocycles. The molecule has 1 amide bonds. The van der Waals surface area contributed by atoms with Crippen molar-refractivity contribution in [3.8, 4) is 0 Å². The summed E-state index contributed by atoms with van der Waals surface area (Å²) in [6.45, 7) is 2.46. The third-order valence-electron chi connectivity index (χ3n) is 3.02. The number of hydrogen-bond acceptors (Lipinski definition) is 4. The van der Waals surface area contributed by atoms with Gasteiger partial charge in [0.2, 0.25) is 0 Å². The fourth-order valence-corrected chi connectivity index (χ4v) is 2.28. The van der Waals surface area contributed by atoms with Crippen molar-refractivity contribution in [2.75, 3.05) is 19.8 Å². The first kappa shape index (κ1) is 14.5. The van der Waals surface area contributed by atoms with Gasteiger partial charge in [-0.2, -0.15) is 0 Å². The molecule has 0 spiro atoms. The Hall–Kier alpha value is -0.880. The van der Waals surface area contributed by atoms with E-state index in [1.165, 1.54) is 12.3 Å². The molecule has 1 saturated heterocycles. The summed E-state index contributed by atoms with van der Waals surface area (Å²) < 4.78 is 5.39. The van der Waals surface area contributed by atoms with Crippen LogP contribution < -0.4 is 0 Å². The molecule has 5 nitrogen and oxygen atoms in total. The van der Waals surface area contributed by atoms with Gasteiger partial charge in [-0.05, 0) is 13.0 Å². The Morgan fingerprint density at radius 2 is 2.37 bits per heavy atom. The second-order valence-corrected chi connectivity index (χ2v) is 5.23. The minimum Gasteiger partial charge on any atom is -0.394 e. The van der Waals surface area contributed by atoms with Crippen molar-refractivity contribution in [3.63, 3.8) is 0 Å². The van der Waals surface area contributed by atoms with E-state index in [9.17, 15) is 4.79 Å². The Bertz CT molecular complexity index is 484. The summed E-state index contributed by atoms with van der Waals surface area (Å²) in [5.41, 5.74) is 0.312. The summed E-state index contributed by atoms with van der Waals surface area (Å²) in [5.74, 6) is -0.233. The normalized spacial score (nSPS) is 23.5. The molecule has 0 radical (unpaired) electrons. The minimum atomic E-state index is -0.365. The number of aliphatic hydroxyl groups is 1. The SMILES string of the molecule is CC1COC(CO)CN1C(=O)c1cc(Cl)ncc1Cl. The van der Waals surface area contributed by atoms with Crippen LogP contribution in [0.15, 0.2) is 12.3 Å². The molecule has 2 unspecified atom stereocenters. The number of amides is 1. The second kappa shape index (κ2) is 6.05. The molecule has 2 heterocycles. The van der Waals surface area contributed by atoms with Crippen molar-refractivity contribution < 1.29 is 14.6 Å². The quantitative estimate of drug-likeness (QED) is 0.843. The fourth-order valence-electron chi connectivity index (χ4n) is 1.94. The molecule has 1 aromatic rings. The lowest BCUT2D eigenvalue weighted by atomic mass is 10.1. The van der Waals surface area contributed by atoms with E-state index in [1.54, 1.807) is 4.90 Å². The van der Waals surface area contributed by atoms with E-state index in [2.05, 4.69) is 4.98 Å². The number of carbonyl (C=O) groups is 1. The monoisotopic (exact) mass is 304 g/mol. The molecule has 104 valence electrons. The lowest BCUT2D eigenvalue weighted by Gasteiger charge is -2.37. The Labute approximate surface area is 121 Å². The number of aliphatic hydroxyl groups excluding tert-OH is 1. The maximum atomic E-state index is 12.5. The number of ether oxygens (including phenoxy) is 1. The number of hydrogen-bond donors (Lipinski definition) is 1. The van der Waals surface area contributed by atoms with Crippen LogP contribution >= 0.6 is 23.2 Å². The highest BCUT2D eigenvalue weighted by Gasteiger charge is 2.30. The van der Waals surface area contributed by atoms with Crippen LogP contribution in [0.2, 0.25) is 10.2 Å². The molecule has 1 aliphatic heterocycles. The molecule has 1 N–H and O–H groups in total. The molecule has 1 aliphatic rings. The molecule has 0 aliphatic carbocycles. The van der Waals surface area contributed by atoms with Crippen LogP contribution in [0.3, 0.4) is 0 Å². The summed E-state index contributed by atoms with van der Waals surface area (Å²) in [6, 6.07) is 1.36. The number of morpholine rings is 1. The van der Waals surface area contributed by atoms with Crippen LogP contribution in [0.25, 0.3) is 0 Å². The van der Waals surface area contributed by atoms with Crippen LogP contribution in [-0.2, 0) is 4.74 Å². The summed E-state index contributed by atoms with van der Waals surface area (Å²) >= 11 is 11.8. The molecule has 0 saturated carbocycles. The lowest BCUT2D eigenvalue weighted by molar-refractivity contribution is -0.0667. The molecule has 7 heteroatoms. The Balaban J connectivity index is 2.24. The molecule has 2 atom stereocenters. The van der Waals surface area contributed by atoms with E-state index in [1.807, 2.05) is 6.92 Å². The van der Waals surface area contributed by atoms with E-state index in [4.69, 9.17) is 33.0 Å². The van der Waals surface area contributed by atoms with E-state index in [0.29, 0.717) is 18.7 Å². The van der Waals surface area contributed by atoms with Crippen molar-refractivity contribution in [1.82, 2.24) is 9.88 Å². The smallest absolute Gasteiger partial charge is 0.255 e. The van der Waals surface area contributed by atoms with Gasteiger partial charge in [0.1, 0.15) is 5.15 Å². The standard InChI is InChI=1S/C12H14Cl2N2O3/c1-7-6-19-8(5-17)4-16(7)12(18)9-2-11(14)15-3-10(9)13/h2-3,7-8,17H,4-6H2,1H3. The maximum Gasteiger partial charge on any atom is 0.255 e. The molecule has 1 fully saturated rings. The van der Waals surface area contributed by atoms with Gasteiger partial charge in [0.25, 0.3) is 5.91 Å². The van der Waals surface area contributed by atoms with E-state index in [-0.39, 0.29) is 34.8 Å². The highest BCUT2D eigenvalue weighted by atomic mass is 35.5. The zero-order chi connectivity index (χ0) is 14.0. The number of carbonyl (C=O) groups excluding carboxylic acids is 1. The zero-order valence-corrected chi connectivity index (χ0v) is 11.9. The number of rotatable bonds is 2. The molecule has 19 heavy (non-hydrogen) atoms. The Morgan fingerprint density at radius 1 is 1.63 bits per heavy atom. The van der Waals surface area contributed by atoms with Gasteiger partial charge in [0.15, 0.2) is 0 Å². The predicted octanol–water partition coefficient (Wildman–Crippen LogP) is 1.61. The van der Waals surface area contributed by atoms with Crippen LogP contribution in [-0.4, -0.2) is 52.8 Å². The topological polar surface area (TPSA) is 62.7 Å². The minimum absolute atomic E-state index is 0.0849. The van der Waals surface area contributed by atoms with Gasteiger partial charge in [-0.25, -0.2) is 4.98 Å². The van der Waals surface area contributed by atoms with E-state index >= 15 is 0 Å². The summed E-state index contributed by atoms with van der Waals surface area (Å²) in [7, 11) is 0. The van der Waals surface area contributed by atoms with Gasteiger partial charge in [-0.15, -0.1) is 0 Å². The van der Waals surface area contributed by atoms with Crippen LogP contribution in [0.1, 0.15) is 17.3 Å². The van der Waals surface area contributed by atoms with Crippen molar-refractivity contribution in [2.24, 2.45) is 0 Å². The zero-order valence-electron chi connectivity index (χ0n) is 10.3. The first-order chi connectivity index (χ1) is 9.02. The Kier molecular flexibility index (Phi) is 4.62. The van der Waals surface area contributed by atoms with Crippen molar-refractivity contribution in [3.05, 3.63) is 28.0 Å². The number of nitrogens with zero attached hydrogens (tertiary/aromatic N) is 2. The Morgan fingerprint density at radius 3 is 3.05 bits per heavy atom. The molecule has 1 aromatic heterocycles. The maximum absolute atomic E-state index is 12.5. The average Bonchev–Trinajstić information content (AvgIpc) is 2.41. The van der Waals surface area contributed by atoms with Crippen molar-refractivity contribution >= 4 is 29.1 Å². The fraction of sp³-hybridized carbons (Fsp3) is 0.500. The van der Waals surface area contributed by atoms with Crippen LogP contribution in [0, 0.1) is 0 Å². The number of aromatic nitrogens is 1. The first-order valence-electron chi connectivity index (χ1n) is 5.87. The molecular weight excluding hydrogens is 291 g/mol. The van der Waals surface area contributed by atoms with Gasteiger partial charge in [-0.1, -0.05) is 23.2 Å². The second-order valence-electron chi connectivity index (χ2n) is 4.43. The first-order valence-corrected chi connectivity index (χ1v) is 6.63. The van der Waals surface area contributed by atoms with Crippen LogP contribution in [0.5, 0.6) is 0 Å². The third kappa shape index (κ3) is 3.17. The molecule has 0 bridgehead atoms. The lowest BCUT2D eigenvalue weighted by Crippen LogP contribution is -2.52. The van der Waals surface area contributed by atoms with E-state index in [0.717, 1.165) is 0 Å². The van der Waals surface area contributed by atoms with Crippen molar-refractivity contribution in [2.45, 2.75) is 19.1 Å². The molecule has 2 rings (SSSR count). The number of halogens is 2. The average molecular weight is 305 g/mol.